The van der Waals surface area contributed by atoms with E-state index in [4.69, 9.17) is 11.6 Å². The Balaban J connectivity index is 2.04. The Hall–Kier alpha value is -3.38. The van der Waals surface area contributed by atoms with E-state index in [9.17, 15) is 15.2 Å². The van der Waals surface area contributed by atoms with Crippen molar-refractivity contribution in [1.29, 1.82) is 0 Å². The molecule has 7 heteroatoms. The number of nitrogens with zero attached hydrogens (tertiary/aromatic N) is 3. The first-order valence-corrected chi connectivity index (χ1v) is 8.05. The topological polar surface area (TPSA) is 79.0 Å². The molecule has 26 heavy (non-hydrogen) atoms. The molecule has 130 valence electrons. The number of nitro groups is 1. The summed E-state index contributed by atoms with van der Waals surface area (Å²) < 4.78 is 0. The summed E-state index contributed by atoms with van der Waals surface area (Å²) in [5, 5.41) is 27.4. The molecule has 3 rings (SSSR count). The maximum absolute atomic E-state index is 11.0. The van der Waals surface area contributed by atoms with Crippen molar-refractivity contribution in [1.82, 2.24) is 0 Å². The van der Waals surface area contributed by atoms with Crippen LogP contribution >= 0.6 is 11.6 Å². The first-order valence-electron chi connectivity index (χ1n) is 7.67. The van der Waals surface area contributed by atoms with E-state index in [0.717, 1.165) is 17.4 Å². The molecule has 0 saturated heterocycles. The van der Waals surface area contributed by atoms with Crippen LogP contribution in [-0.4, -0.2) is 16.2 Å². The van der Waals surface area contributed by atoms with E-state index in [1.165, 1.54) is 12.3 Å². The number of hydrazone groups is 1. The Morgan fingerprint density at radius 1 is 1.00 bits per heavy atom. The normalized spacial score (nSPS) is 10.8. The lowest BCUT2D eigenvalue weighted by Crippen LogP contribution is -2.09. The van der Waals surface area contributed by atoms with Crippen LogP contribution in [0.1, 0.15) is 5.56 Å². The highest BCUT2D eigenvalue weighted by Crippen LogP contribution is 2.33. The molecule has 0 bridgehead atoms. The van der Waals surface area contributed by atoms with Crippen molar-refractivity contribution in [2.75, 3.05) is 5.01 Å². The Morgan fingerprint density at radius 3 is 2.04 bits per heavy atom. The molecule has 1 N–H and O–H groups in total. The molecule has 0 spiro atoms. The molecule has 0 fully saturated rings. The fourth-order valence-electron chi connectivity index (χ4n) is 2.38. The lowest BCUT2D eigenvalue weighted by molar-refractivity contribution is -0.385. The van der Waals surface area contributed by atoms with E-state index in [-0.39, 0.29) is 10.6 Å². The standard InChI is InChI=1S/C19H14ClN3O3/c20-15-11-14(19(24)18(12-15)23(25)26)13-21-22(16-7-3-1-4-8-16)17-9-5-2-6-10-17/h1-13,24H/b21-13+. The molecule has 0 unspecified atom stereocenters. The highest BCUT2D eigenvalue weighted by atomic mass is 35.5. The molecule has 6 nitrogen and oxygen atoms in total. The summed E-state index contributed by atoms with van der Waals surface area (Å²) >= 11 is 5.92. The van der Waals surface area contributed by atoms with Gasteiger partial charge in [-0.05, 0) is 30.3 Å². The number of aromatic hydroxyl groups is 1. The van der Waals surface area contributed by atoms with Crippen LogP contribution in [0.25, 0.3) is 0 Å². The second-order valence-electron chi connectivity index (χ2n) is 5.35. The minimum atomic E-state index is -0.690. The molecule has 0 atom stereocenters. The number of phenolic OH excluding ortho intramolecular Hbond substituents is 1. The SMILES string of the molecule is O=[N+]([O-])c1cc(Cl)cc(/C=N/N(c2ccccc2)c2ccccc2)c1O. The molecular weight excluding hydrogens is 354 g/mol. The van der Waals surface area contributed by atoms with Gasteiger partial charge in [0, 0.05) is 16.7 Å². The smallest absolute Gasteiger partial charge is 0.312 e. The van der Waals surface area contributed by atoms with Crippen molar-refractivity contribution in [3.8, 4) is 5.75 Å². The number of benzene rings is 3. The third-order valence-electron chi connectivity index (χ3n) is 3.59. The van der Waals surface area contributed by atoms with Crippen LogP contribution in [0.5, 0.6) is 5.75 Å². The number of phenols is 1. The highest BCUT2D eigenvalue weighted by molar-refractivity contribution is 6.31. The number of hydrogen-bond acceptors (Lipinski definition) is 5. The summed E-state index contributed by atoms with van der Waals surface area (Å²) in [5.74, 6) is -0.482. The highest BCUT2D eigenvalue weighted by Gasteiger charge is 2.18. The average Bonchev–Trinajstić information content (AvgIpc) is 2.66. The van der Waals surface area contributed by atoms with Gasteiger partial charge in [-0.2, -0.15) is 5.10 Å². The Bertz CT molecular complexity index is 908. The van der Waals surface area contributed by atoms with Gasteiger partial charge in [-0.1, -0.05) is 48.0 Å². The molecule has 0 radical (unpaired) electrons. The van der Waals surface area contributed by atoms with Crippen LogP contribution in [-0.2, 0) is 0 Å². The van der Waals surface area contributed by atoms with E-state index in [2.05, 4.69) is 5.10 Å². The molecule has 0 amide bonds. The quantitative estimate of drug-likeness (QED) is 0.385. The second-order valence-corrected chi connectivity index (χ2v) is 5.78. The number of para-hydroxylation sites is 2. The summed E-state index contributed by atoms with van der Waals surface area (Å²) in [6.07, 6.45) is 1.34. The molecule has 0 aliphatic heterocycles. The fourth-order valence-corrected chi connectivity index (χ4v) is 2.60. The van der Waals surface area contributed by atoms with Gasteiger partial charge in [-0.25, -0.2) is 5.01 Å². The van der Waals surface area contributed by atoms with Crippen LogP contribution in [0, 0.1) is 10.1 Å². The molecule has 0 heterocycles. The van der Waals surface area contributed by atoms with Crippen molar-refractivity contribution in [2.45, 2.75) is 0 Å². The van der Waals surface area contributed by atoms with E-state index in [1.54, 1.807) is 5.01 Å². The molecule has 0 aromatic heterocycles. The zero-order valence-electron chi connectivity index (χ0n) is 13.5. The van der Waals surface area contributed by atoms with Crippen LogP contribution < -0.4 is 5.01 Å². The van der Waals surface area contributed by atoms with E-state index in [1.807, 2.05) is 60.7 Å². The third kappa shape index (κ3) is 3.81. The summed E-state index contributed by atoms with van der Waals surface area (Å²) in [4.78, 5) is 10.3. The predicted octanol–water partition coefficient (Wildman–Crippen LogP) is 5.13. The lowest BCUT2D eigenvalue weighted by Gasteiger charge is -2.19. The lowest BCUT2D eigenvalue weighted by atomic mass is 10.2. The zero-order valence-corrected chi connectivity index (χ0v) is 14.2. The third-order valence-corrected chi connectivity index (χ3v) is 3.81. The molecule has 0 aliphatic rings. The minimum Gasteiger partial charge on any atom is -0.502 e. The van der Waals surface area contributed by atoms with Gasteiger partial charge < -0.3 is 5.11 Å². The predicted molar refractivity (Wildman–Crippen MR) is 102 cm³/mol. The number of hydrogen-bond donors (Lipinski definition) is 1. The van der Waals surface area contributed by atoms with Crippen molar-refractivity contribution in [3.63, 3.8) is 0 Å². The molecule has 3 aromatic rings. The molecular formula is C19H14ClN3O3. The van der Waals surface area contributed by atoms with Crippen LogP contribution in [0.4, 0.5) is 17.1 Å². The molecule has 0 aliphatic carbocycles. The van der Waals surface area contributed by atoms with Crippen molar-refractivity contribution >= 4 is 34.9 Å². The van der Waals surface area contributed by atoms with Gasteiger partial charge in [0.1, 0.15) is 0 Å². The largest absolute Gasteiger partial charge is 0.502 e. The molecule has 0 saturated carbocycles. The van der Waals surface area contributed by atoms with E-state index in [0.29, 0.717) is 0 Å². The first-order chi connectivity index (χ1) is 12.6. The Kier molecular flexibility index (Phi) is 5.15. The van der Waals surface area contributed by atoms with Gasteiger partial charge in [0.05, 0.1) is 22.5 Å². The van der Waals surface area contributed by atoms with Crippen LogP contribution in [0.2, 0.25) is 5.02 Å². The van der Waals surface area contributed by atoms with Crippen LogP contribution in [0.15, 0.2) is 77.9 Å². The summed E-state index contributed by atoms with van der Waals surface area (Å²) in [6, 6.07) is 21.3. The Morgan fingerprint density at radius 2 is 1.54 bits per heavy atom. The van der Waals surface area contributed by atoms with Gasteiger partial charge in [0.15, 0.2) is 0 Å². The number of halogens is 1. The number of anilines is 2. The zero-order chi connectivity index (χ0) is 18.5. The maximum atomic E-state index is 11.0. The fraction of sp³-hybridized carbons (Fsp3) is 0. The summed E-state index contributed by atoms with van der Waals surface area (Å²) in [6.45, 7) is 0. The van der Waals surface area contributed by atoms with Gasteiger partial charge in [0.25, 0.3) is 0 Å². The van der Waals surface area contributed by atoms with Gasteiger partial charge >= 0.3 is 5.69 Å². The maximum Gasteiger partial charge on any atom is 0.312 e. The summed E-state index contributed by atoms with van der Waals surface area (Å²) in [7, 11) is 0. The summed E-state index contributed by atoms with van der Waals surface area (Å²) in [5.41, 5.74) is 1.28. The van der Waals surface area contributed by atoms with Crippen molar-refractivity contribution in [3.05, 3.63) is 93.5 Å². The average molecular weight is 368 g/mol. The van der Waals surface area contributed by atoms with Gasteiger partial charge in [0.2, 0.25) is 5.75 Å². The van der Waals surface area contributed by atoms with E-state index >= 15 is 0 Å². The van der Waals surface area contributed by atoms with E-state index < -0.39 is 16.4 Å². The van der Waals surface area contributed by atoms with Gasteiger partial charge in [-0.3, -0.25) is 10.1 Å². The van der Waals surface area contributed by atoms with Crippen LogP contribution in [0.3, 0.4) is 0 Å². The second kappa shape index (κ2) is 7.67. The Labute approximate surface area is 154 Å². The first kappa shape index (κ1) is 17.4. The molecule has 3 aromatic carbocycles. The number of nitro benzene ring substituents is 1. The van der Waals surface area contributed by atoms with Crippen molar-refractivity contribution < 1.29 is 10.0 Å². The monoisotopic (exact) mass is 367 g/mol. The van der Waals surface area contributed by atoms with Crippen molar-refractivity contribution in [2.24, 2.45) is 5.10 Å². The van der Waals surface area contributed by atoms with Gasteiger partial charge in [-0.15, -0.1) is 0 Å². The number of rotatable bonds is 5. The minimum absolute atomic E-state index is 0.141.